The van der Waals surface area contributed by atoms with Crippen molar-refractivity contribution in [1.29, 1.82) is 0 Å². The summed E-state index contributed by atoms with van der Waals surface area (Å²) >= 11 is 0. The van der Waals surface area contributed by atoms with Gasteiger partial charge >= 0.3 is 0 Å². The molecule has 0 aliphatic heterocycles. The molecule has 51 heavy (non-hydrogen) atoms. The van der Waals surface area contributed by atoms with Crippen LogP contribution in [0.15, 0.2) is 0 Å². The van der Waals surface area contributed by atoms with E-state index in [1.54, 1.807) is 116 Å². The molecule has 0 nitrogen and oxygen atoms in total. The summed E-state index contributed by atoms with van der Waals surface area (Å²) in [6.45, 7) is 9.73. The lowest BCUT2D eigenvalue weighted by atomic mass is 9.77. The van der Waals surface area contributed by atoms with Crippen LogP contribution in [0.25, 0.3) is 0 Å². The molecular formula is C51H92. The first-order chi connectivity index (χ1) is 24.9. The lowest BCUT2D eigenvalue weighted by Crippen LogP contribution is -2.16. The fourth-order valence-electron chi connectivity index (χ4n) is 14.9. The second kappa shape index (κ2) is 21.3. The quantitative estimate of drug-likeness (QED) is 0.273. The van der Waals surface area contributed by atoms with Gasteiger partial charge in [0.1, 0.15) is 0 Å². The first-order valence-electron chi connectivity index (χ1n) is 24.9. The Labute approximate surface area is 321 Å². The molecule has 9 fully saturated rings. The zero-order valence-corrected chi connectivity index (χ0v) is 35.4. The van der Waals surface area contributed by atoms with Crippen molar-refractivity contribution in [3.8, 4) is 0 Å². The second-order valence-electron chi connectivity index (χ2n) is 22.2. The van der Waals surface area contributed by atoms with Crippen molar-refractivity contribution >= 4 is 0 Å². The smallest absolute Gasteiger partial charge is 0.0383 e. The molecule has 0 radical (unpaired) electrons. The summed E-state index contributed by atoms with van der Waals surface area (Å²) in [5, 5.41) is 0. The van der Waals surface area contributed by atoms with Gasteiger partial charge in [0, 0.05) is 0 Å². The van der Waals surface area contributed by atoms with Crippen molar-refractivity contribution in [3.05, 3.63) is 0 Å². The number of hydrogen-bond acceptors (Lipinski definition) is 0. The fourth-order valence-corrected chi connectivity index (χ4v) is 14.9. The molecule has 0 aromatic heterocycles. The molecule has 9 saturated carbocycles. The minimum atomic E-state index is 1.03. The van der Waals surface area contributed by atoms with Crippen LogP contribution >= 0.6 is 0 Å². The molecule has 0 amide bonds. The van der Waals surface area contributed by atoms with E-state index in [1.165, 1.54) is 96.3 Å². The molecule has 296 valence electrons. The molecule has 0 bridgehead atoms. The van der Waals surface area contributed by atoms with Gasteiger partial charge in [-0.05, 0) is 147 Å². The van der Waals surface area contributed by atoms with Gasteiger partial charge in [0.05, 0.1) is 0 Å². The first kappa shape index (κ1) is 40.7. The Balaban J connectivity index is 0.000000124. The molecule has 0 heterocycles. The molecule has 9 aliphatic carbocycles. The molecule has 10 unspecified atom stereocenters. The van der Waals surface area contributed by atoms with Crippen molar-refractivity contribution in [3.63, 3.8) is 0 Å². The van der Waals surface area contributed by atoms with E-state index in [2.05, 4.69) is 27.7 Å². The summed E-state index contributed by atoms with van der Waals surface area (Å²) < 4.78 is 0. The van der Waals surface area contributed by atoms with Crippen molar-refractivity contribution in [2.45, 2.75) is 240 Å². The highest BCUT2D eigenvalue weighted by Crippen LogP contribution is 2.50. The van der Waals surface area contributed by atoms with E-state index in [4.69, 9.17) is 0 Å². The van der Waals surface area contributed by atoms with Gasteiger partial charge in [0.15, 0.2) is 0 Å². The third-order valence-corrected chi connectivity index (χ3v) is 17.5. The van der Waals surface area contributed by atoms with E-state index < -0.39 is 0 Å². The summed E-state index contributed by atoms with van der Waals surface area (Å²) in [5.41, 5.74) is 0. The van der Waals surface area contributed by atoms with Gasteiger partial charge in [-0.3, -0.25) is 0 Å². The molecule has 9 aliphatic rings. The van der Waals surface area contributed by atoms with Crippen LogP contribution < -0.4 is 0 Å². The van der Waals surface area contributed by atoms with Crippen molar-refractivity contribution in [2.24, 2.45) is 82.9 Å². The zero-order chi connectivity index (χ0) is 35.4. The highest BCUT2D eigenvalue weighted by molar-refractivity contribution is 4.89. The van der Waals surface area contributed by atoms with Gasteiger partial charge in [0.25, 0.3) is 0 Å². The van der Waals surface area contributed by atoms with Crippen LogP contribution in [0.1, 0.15) is 240 Å². The highest BCUT2D eigenvalue weighted by Gasteiger charge is 2.38. The summed E-state index contributed by atoms with van der Waals surface area (Å²) in [5.74, 6) is 15.5. The third-order valence-electron chi connectivity index (χ3n) is 17.5. The summed E-state index contributed by atoms with van der Waals surface area (Å²) in [7, 11) is 0. The lowest BCUT2D eigenvalue weighted by molar-refractivity contribution is 0.236. The highest BCUT2D eigenvalue weighted by atomic mass is 14.4. The molecule has 0 spiro atoms. The molecule has 9 rings (SSSR count). The number of rotatable bonds is 4. The lowest BCUT2D eigenvalue weighted by Gasteiger charge is -2.28. The molecule has 0 aromatic rings. The SMILES string of the molecule is CC1CC2CCCCC2C1.CC1CCCC(CC2CC3CCCCC3C2)C1.CC1CCCC(CC2CC3CCCCC3C2)C1.CC1CCCCC1. The predicted octanol–water partition coefficient (Wildman–Crippen LogP) is 16.6. The van der Waals surface area contributed by atoms with Crippen LogP contribution in [0, 0.1) is 82.9 Å². The van der Waals surface area contributed by atoms with E-state index in [9.17, 15) is 0 Å². The zero-order valence-electron chi connectivity index (χ0n) is 35.4. The number of fused-ring (bicyclic) bond motifs is 3. The second-order valence-corrected chi connectivity index (χ2v) is 22.2. The normalized spacial score (nSPS) is 43.9. The van der Waals surface area contributed by atoms with E-state index in [1.807, 2.05) is 0 Å². The molecular weight excluding hydrogens is 613 g/mol. The minimum absolute atomic E-state index is 1.03. The molecule has 0 saturated heterocycles. The maximum absolute atomic E-state index is 2.47. The summed E-state index contributed by atoms with van der Waals surface area (Å²) in [6, 6.07) is 0. The Morgan fingerprint density at radius 3 is 0.863 bits per heavy atom. The van der Waals surface area contributed by atoms with E-state index in [0.717, 1.165) is 82.9 Å². The Kier molecular flexibility index (Phi) is 17.0. The molecule has 0 heteroatoms. The Morgan fingerprint density at radius 1 is 0.235 bits per heavy atom. The van der Waals surface area contributed by atoms with Gasteiger partial charge < -0.3 is 0 Å². The van der Waals surface area contributed by atoms with E-state index in [0.29, 0.717) is 0 Å². The van der Waals surface area contributed by atoms with Crippen LogP contribution in [0.5, 0.6) is 0 Å². The van der Waals surface area contributed by atoms with Gasteiger partial charge in [-0.2, -0.15) is 0 Å². The monoisotopic (exact) mass is 705 g/mol. The molecule has 10 atom stereocenters. The topological polar surface area (TPSA) is 0 Å². The average molecular weight is 705 g/mol. The van der Waals surface area contributed by atoms with Crippen LogP contribution in [0.4, 0.5) is 0 Å². The van der Waals surface area contributed by atoms with E-state index >= 15 is 0 Å². The van der Waals surface area contributed by atoms with Crippen molar-refractivity contribution in [2.75, 3.05) is 0 Å². The van der Waals surface area contributed by atoms with Gasteiger partial charge in [-0.1, -0.05) is 175 Å². The summed E-state index contributed by atoms with van der Waals surface area (Å²) in [6.07, 6.45) is 51.0. The van der Waals surface area contributed by atoms with Gasteiger partial charge in [-0.15, -0.1) is 0 Å². The standard InChI is InChI=1S/2C17H30.C10H18.C7H14/c2*1-13-5-4-6-14(9-13)10-15-11-16-7-2-3-8-17(16)12-15;1-8-6-9-4-2-3-5-10(9)7-8;1-7-5-3-2-4-6-7/h2*13-17H,2-12H2,1H3;8-10H,2-7H2,1H3;7H,2-6H2,1H3. The van der Waals surface area contributed by atoms with Crippen molar-refractivity contribution in [1.82, 2.24) is 0 Å². The fraction of sp³-hybridized carbons (Fsp3) is 1.00. The Hall–Kier alpha value is 0. The Bertz CT molecular complexity index is 834. The maximum Gasteiger partial charge on any atom is -0.0383 e. The molecule has 0 aromatic carbocycles. The van der Waals surface area contributed by atoms with E-state index in [-0.39, 0.29) is 0 Å². The van der Waals surface area contributed by atoms with Gasteiger partial charge in [-0.25, -0.2) is 0 Å². The van der Waals surface area contributed by atoms with Crippen LogP contribution in [-0.4, -0.2) is 0 Å². The largest absolute Gasteiger partial charge is 0.0625 e. The third kappa shape index (κ3) is 13.3. The van der Waals surface area contributed by atoms with Crippen LogP contribution in [-0.2, 0) is 0 Å². The van der Waals surface area contributed by atoms with Crippen LogP contribution in [0.2, 0.25) is 0 Å². The van der Waals surface area contributed by atoms with Crippen LogP contribution in [0.3, 0.4) is 0 Å². The minimum Gasteiger partial charge on any atom is -0.0625 e. The van der Waals surface area contributed by atoms with Crippen molar-refractivity contribution < 1.29 is 0 Å². The average Bonchev–Trinajstić information content (AvgIpc) is 3.84. The molecule has 0 N–H and O–H groups in total. The maximum atomic E-state index is 2.47. The van der Waals surface area contributed by atoms with Gasteiger partial charge in [0.2, 0.25) is 0 Å². The summed E-state index contributed by atoms with van der Waals surface area (Å²) in [4.78, 5) is 0. The first-order valence-corrected chi connectivity index (χ1v) is 24.9. The predicted molar refractivity (Wildman–Crippen MR) is 224 cm³/mol. The Morgan fingerprint density at radius 2 is 0.549 bits per heavy atom. The number of hydrogen-bond donors (Lipinski definition) is 0.